The molecule has 0 amide bonds. The molecule has 0 aliphatic heterocycles. The van der Waals surface area contributed by atoms with E-state index in [2.05, 4.69) is 20.4 Å². The van der Waals surface area contributed by atoms with Crippen LogP contribution in [0.1, 0.15) is 5.56 Å². The molecule has 3 aromatic rings. The summed E-state index contributed by atoms with van der Waals surface area (Å²) in [5, 5.41) is 9.09. The Labute approximate surface area is 115 Å². The SMILES string of the molecule is Cc1cc(Cl)ccc1Nc1ncnc2c1cnn2C. The number of anilines is 2. The molecule has 0 bridgehead atoms. The normalized spacial score (nSPS) is 10.9. The van der Waals surface area contributed by atoms with Gasteiger partial charge in [0.1, 0.15) is 12.1 Å². The molecule has 0 radical (unpaired) electrons. The fraction of sp³-hybridized carbons (Fsp3) is 0.154. The van der Waals surface area contributed by atoms with E-state index in [0.29, 0.717) is 0 Å². The van der Waals surface area contributed by atoms with Gasteiger partial charge in [-0.05, 0) is 30.7 Å². The van der Waals surface area contributed by atoms with Crippen molar-refractivity contribution in [3.63, 3.8) is 0 Å². The minimum Gasteiger partial charge on any atom is -0.339 e. The van der Waals surface area contributed by atoms with Crippen molar-refractivity contribution in [2.45, 2.75) is 6.92 Å². The predicted molar refractivity (Wildman–Crippen MR) is 75.8 cm³/mol. The Balaban J connectivity index is 2.06. The zero-order chi connectivity index (χ0) is 13.4. The van der Waals surface area contributed by atoms with Crippen LogP contribution < -0.4 is 5.32 Å². The van der Waals surface area contributed by atoms with E-state index in [-0.39, 0.29) is 0 Å². The van der Waals surface area contributed by atoms with Crippen molar-refractivity contribution < 1.29 is 0 Å². The molecule has 0 saturated carbocycles. The number of rotatable bonds is 2. The maximum absolute atomic E-state index is 5.95. The molecule has 6 heteroatoms. The van der Waals surface area contributed by atoms with Gasteiger partial charge in [0.25, 0.3) is 0 Å². The summed E-state index contributed by atoms with van der Waals surface area (Å²) in [6.45, 7) is 2.00. The Bertz CT molecular complexity index is 750. The van der Waals surface area contributed by atoms with Crippen LogP contribution >= 0.6 is 11.6 Å². The molecule has 0 fully saturated rings. The largest absolute Gasteiger partial charge is 0.339 e. The van der Waals surface area contributed by atoms with E-state index in [0.717, 1.165) is 33.1 Å². The second-order valence-electron chi connectivity index (χ2n) is 4.31. The first-order valence-corrected chi connectivity index (χ1v) is 6.19. The summed E-state index contributed by atoms with van der Waals surface area (Å²) in [5.74, 6) is 0.739. The predicted octanol–water partition coefficient (Wildman–Crippen LogP) is 3.07. The summed E-state index contributed by atoms with van der Waals surface area (Å²) in [6, 6.07) is 5.69. The number of nitrogens with zero attached hydrogens (tertiary/aromatic N) is 4. The van der Waals surface area contributed by atoms with Crippen LogP contribution in [0.2, 0.25) is 5.02 Å². The number of halogens is 1. The Hall–Kier alpha value is -2.14. The molecule has 0 unspecified atom stereocenters. The minimum absolute atomic E-state index is 0.720. The van der Waals surface area contributed by atoms with Crippen LogP contribution in [0.5, 0.6) is 0 Å². The van der Waals surface area contributed by atoms with Gasteiger partial charge in [0.05, 0.1) is 11.6 Å². The van der Waals surface area contributed by atoms with Crippen molar-refractivity contribution in [1.29, 1.82) is 0 Å². The Morgan fingerprint density at radius 3 is 2.89 bits per heavy atom. The van der Waals surface area contributed by atoms with Gasteiger partial charge in [-0.15, -0.1) is 0 Å². The highest BCUT2D eigenvalue weighted by Gasteiger charge is 2.08. The third-order valence-corrected chi connectivity index (χ3v) is 3.21. The van der Waals surface area contributed by atoms with E-state index in [1.807, 2.05) is 32.2 Å². The Kier molecular flexibility index (Phi) is 2.83. The van der Waals surface area contributed by atoms with Crippen LogP contribution in [0.25, 0.3) is 11.0 Å². The smallest absolute Gasteiger partial charge is 0.163 e. The van der Waals surface area contributed by atoms with E-state index in [1.165, 1.54) is 6.33 Å². The van der Waals surface area contributed by atoms with Crippen LogP contribution in [-0.4, -0.2) is 19.7 Å². The number of nitrogens with one attached hydrogen (secondary N) is 1. The molecular formula is C13H12ClN5. The fourth-order valence-corrected chi connectivity index (χ4v) is 2.18. The molecule has 0 aliphatic carbocycles. The molecular weight excluding hydrogens is 262 g/mol. The summed E-state index contributed by atoms with van der Waals surface area (Å²) in [7, 11) is 1.85. The van der Waals surface area contributed by atoms with Crippen molar-refractivity contribution in [2.75, 3.05) is 5.32 Å². The van der Waals surface area contributed by atoms with Gasteiger partial charge < -0.3 is 5.32 Å². The maximum atomic E-state index is 5.95. The van der Waals surface area contributed by atoms with Gasteiger partial charge in [0, 0.05) is 17.8 Å². The summed E-state index contributed by atoms with van der Waals surface area (Å²) in [6.07, 6.45) is 3.28. The van der Waals surface area contributed by atoms with Crippen molar-refractivity contribution in [3.8, 4) is 0 Å². The maximum Gasteiger partial charge on any atom is 0.163 e. The van der Waals surface area contributed by atoms with Gasteiger partial charge in [-0.2, -0.15) is 5.10 Å². The van der Waals surface area contributed by atoms with Crippen molar-refractivity contribution in [2.24, 2.45) is 7.05 Å². The zero-order valence-corrected chi connectivity index (χ0v) is 11.3. The summed E-state index contributed by atoms with van der Waals surface area (Å²) in [5.41, 5.74) is 2.82. The van der Waals surface area contributed by atoms with Crippen LogP contribution in [0.3, 0.4) is 0 Å². The highest BCUT2D eigenvalue weighted by Crippen LogP contribution is 2.26. The molecule has 19 heavy (non-hydrogen) atoms. The second kappa shape index (κ2) is 4.51. The van der Waals surface area contributed by atoms with Gasteiger partial charge >= 0.3 is 0 Å². The van der Waals surface area contributed by atoms with E-state index in [9.17, 15) is 0 Å². The Morgan fingerprint density at radius 1 is 1.26 bits per heavy atom. The number of benzene rings is 1. The summed E-state index contributed by atoms with van der Waals surface area (Å²) >= 11 is 5.95. The average Bonchev–Trinajstić information content (AvgIpc) is 2.76. The number of hydrogen-bond donors (Lipinski definition) is 1. The Morgan fingerprint density at radius 2 is 2.11 bits per heavy atom. The standard InChI is InChI=1S/C13H12ClN5/c1-8-5-9(14)3-4-11(8)18-12-10-6-17-19(2)13(10)16-7-15-12/h3-7H,1-2H3,(H,15,16,18). The highest BCUT2D eigenvalue weighted by molar-refractivity contribution is 6.30. The molecule has 5 nitrogen and oxygen atoms in total. The van der Waals surface area contributed by atoms with Gasteiger partial charge in [0.2, 0.25) is 0 Å². The first kappa shape index (κ1) is 11.9. The topological polar surface area (TPSA) is 55.6 Å². The molecule has 0 atom stereocenters. The van der Waals surface area contributed by atoms with Crippen molar-refractivity contribution >= 4 is 34.1 Å². The lowest BCUT2D eigenvalue weighted by Gasteiger charge is -2.09. The third kappa shape index (κ3) is 2.13. The van der Waals surface area contributed by atoms with E-state index in [4.69, 9.17) is 11.6 Å². The average molecular weight is 274 g/mol. The van der Waals surface area contributed by atoms with Gasteiger partial charge in [-0.1, -0.05) is 11.6 Å². The zero-order valence-electron chi connectivity index (χ0n) is 10.6. The number of fused-ring (bicyclic) bond motifs is 1. The van der Waals surface area contributed by atoms with Crippen molar-refractivity contribution in [1.82, 2.24) is 19.7 Å². The monoisotopic (exact) mass is 273 g/mol. The molecule has 1 aromatic carbocycles. The van der Waals surface area contributed by atoms with E-state index in [1.54, 1.807) is 10.9 Å². The lowest BCUT2D eigenvalue weighted by atomic mass is 10.2. The number of hydrogen-bond acceptors (Lipinski definition) is 4. The van der Waals surface area contributed by atoms with Gasteiger partial charge in [-0.25, -0.2) is 9.97 Å². The number of aromatic nitrogens is 4. The molecule has 1 N–H and O–H groups in total. The van der Waals surface area contributed by atoms with Crippen LogP contribution in [-0.2, 0) is 7.05 Å². The van der Waals surface area contributed by atoms with Gasteiger partial charge in [-0.3, -0.25) is 4.68 Å². The van der Waals surface area contributed by atoms with Crippen molar-refractivity contribution in [3.05, 3.63) is 41.3 Å². The lowest BCUT2D eigenvalue weighted by Crippen LogP contribution is -1.98. The molecule has 2 heterocycles. The van der Waals surface area contributed by atoms with Crippen LogP contribution in [0.4, 0.5) is 11.5 Å². The van der Waals surface area contributed by atoms with Crippen LogP contribution in [0.15, 0.2) is 30.7 Å². The number of aryl methyl sites for hydroxylation is 2. The lowest BCUT2D eigenvalue weighted by molar-refractivity contribution is 0.785. The van der Waals surface area contributed by atoms with Gasteiger partial charge in [0.15, 0.2) is 5.65 Å². The van der Waals surface area contributed by atoms with E-state index < -0.39 is 0 Å². The quantitative estimate of drug-likeness (QED) is 0.780. The molecule has 2 aromatic heterocycles. The fourth-order valence-electron chi connectivity index (χ4n) is 1.96. The first-order chi connectivity index (χ1) is 9.15. The first-order valence-electron chi connectivity index (χ1n) is 5.81. The minimum atomic E-state index is 0.720. The van der Waals surface area contributed by atoms with E-state index >= 15 is 0 Å². The molecule has 0 spiro atoms. The molecule has 0 saturated heterocycles. The summed E-state index contributed by atoms with van der Waals surface area (Å²) < 4.78 is 1.72. The second-order valence-corrected chi connectivity index (χ2v) is 4.75. The highest BCUT2D eigenvalue weighted by atomic mass is 35.5. The molecule has 96 valence electrons. The molecule has 0 aliphatic rings. The third-order valence-electron chi connectivity index (χ3n) is 2.97. The van der Waals surface area contributed by atoms with Crippen LogP contribution in [0, 0.1) is 6.92 Å². The molecule has 3 rings (SSSR count). The summed E-state index contributed by atoms with van der Waals surface area (Å²) in [4.78, 5) is 8.48.